The van der Waals surface area contributed by atoms with E-state index in [9.17, 15) is 0 Å². The van der Waals surface area contributed by atoms with Crippen molar-refractivity contribution in [2.45, 2.75) is 118 Å². The average Bonchev–Trinajstić information content (AvgIpc) is 3.07. The van der Waals surface area contributed by atoms with Crippen molar-refractivity contribution in [3.63, 3.8) is 0 Å². The summed E-state index contributed by atoms with van der Waals surface area (Å²) in [6.45, 7) is 9.63. The lowest BCUT2D eigenvalue weighted by Crippen LogP contribution is -2.14. The molecule has 0 aliphatic heterocycles. The minimum Gasteiger partial charge on any atom is -0.0654 e. The number of rotatable bonds is 13. The molecule has 0 radical (unpaired) electrons. The van der Waals surface area contributed by atoms with Crippen LogP contribution < -0.4 is 0 Å². The molecule has 22 heavy (non-hydrogen) atoms. The van der Waals surface area contributed by atoms with Crippen molar-refractivity contribution in [3.05, 3.63) is 0 Å². The Kier molecular flexibility index (Phi) is 11.3. The summed E-state index contributed by atoms with van der Waals surface area (Å²) in [5, 5.41) is 0. The first kappa shape index (κ1) is 20.0. The van der Waals surface area contributed by atoms with E-state index in [4.69, 9.17) is 0 Å². The highest BCUT2D eigenvalue weighted by Crippen LogP contribution is 2.36. The van der Waals surface area contributed by atoms with Gasteiger partial charge in [-0.2, -0.15) is 0 Å². The first-order valence-corrected chi connectivity index (χ1v) is 10.7. The Labute approximate surface area is 141 Å². The Morgan fingerprint density at radius 1 is 0.773 bits per heavy atom. The summed E-state index contributed by atoms with van der Waals surface area (Å²) in [4.78, 5) is 0. The Morgan fingerprint density at radius 2 is 1.45 bits per heavy atom. The van der Waals surface area contributed by atoms with Gasteiger partial charge >= 0.3 is 0 Å². The van der Waals surface area contributed by atoms with Gasteiger partial charge in [-0.15, -0.1) is 0 Å². The van der Waals surface area contributed by atoms with E-state index in [1.807, 2.05) is 0 Å². The van der Waals surface area contributed by atoms with Crippen LogP contribution in [0.5, 0.6) is 0 Å². The highest BCUT2D eigenvalue weighted by Gasteiger charge is 2.24. The molecule has 3 unspecified atom stereocenters. The van der Waals surface area contributed by atoms with Crippen LogP contribution in [0.1, 0.15) is 118 Å². The first-order chi connectivity index (χ1) is 10.7. The Bertz CT molecular complexity index is 238. The van der Waals surface area contributed by atoms with Crippen molar-refractivity contribution in [2.75, 3.05) is 0 Å². The predicted molar refractivity (Wildman–Crippen MR) is 101 cm³/mol. The third-order valence-corrected chi connectivity index (χ3v) is 6.62. The molecular formula is C22H44. The lowest BCUT2D eigenvalue weighted by Gasteiger charge is -2.26. The van der Waals surface area contributed by atoms with E-state index in [2.05, 4.69) is 27.7 Å². The smallest absolute Gasteiger partial charge is 0.0386 e. The molecule has 1 rings (SSSR count). The molecule has 0 saturated heterocycles. The highest BCUT2D eigenvalue weighted by atomic mass is 14.3. The van der Waals surface area contributed by atoms with Crippen LogP contribution in [-0.4, -0.2) is 0 Å². The second kappa shape index (κ2) is 12.4. The van der Waals surface area contributed by atoms with E-state index in [1.165, 1.54) is 89.9 Å². The fourth-order valence-electron chi connectivity index (χ4n) is 4.72. The van der Waals surface area contributed by atoms with E-state index in [0.717, 1.165) is 23.7 Å². The summed E-state index contributed by atoms with van der Waals surface area (Å²) in [5.74, 6) is 4.06. The van der Waals surface area contributed by atoms with Crippen LogP contribution in [0.2, 0.25) is 0 Å². The quantitative estimate of drug-likeness (QED) is 0.302. The van der Waals surface area contributed by atoms with E-state index >= 15 is 0 Å². The maximum atomic E-state index is 2.50. The second-order valence-corrected chi connectivity index (χ2v) is 8.14. The summed E-state index contributed by atoms with van der Waals surface area (Å²) < 4.78 is 0. The topological polar surface area (TPSA) is 0 Å². The van der Waals surface area contributed by atoms with Gasteiger partial charge < -0.3 is 0 Å². The van der Waals surface area contributed by atoms with E-state index in [-0.39, 0.29) is 0 Å². The van der Waals surface area contributed by atoms with Crippen molar-refractivity contribution < 1.29 is 0 Å². The van der Waals surface area contributed by atoms with Crippen molar-refractivity contribution in [1.82, 2.24) is 0 Å². The second-order valence-electron chi connectivity index (χ2n) is 8.14. The maximum absolute atomic E-state index is 2.50. The van der Waals surface area contributed by atoms with Crippen molar-refractivity contribution >= 4 is 0 Å². The number of unbranched alkanes of at least 4 members (excludes halogenated alkanes) is 3. The standard InChI is InChI=1S/C22H44/c1-5-8-9-10-14-21(19(4)6-2)18-13-17-20(7-3)22-15-11-12-16-22/h19-22H,5-18H2,1-4H3. The van der Waals surface area contributed by atoms with Crippen LogP contribution in [0.3, 0.4) is 0 Å². The van der Waals surface area contributed by atoms with Gasteiger partial charge in [0.05, 0.1) is 0 Å². The third kappa shape index (κ3) is 7.51. The highest BCUT2D eigenvalue weighted by molar-refractivity contribution is 4.75. The van der Waals surface area contributed by atoms with Gasteiger partial charge in [-0.3, -0.25) is 0 Å². The first-order valence-electron chi connectivity index (χ1n) is 10.7. The largest absolute Gasteiger partial charge is 0.0654 e. The minimum absolute atomic E-state index is 0.938. The summed E-state index contributed by atoms with van der Waals surface area (Å²) >= 11 is 0. The van der Waals surface area contributed by atoms with Crippen molar-refractivity contribution in [2.24, 2.45) is 23.7 Å². The molecule has 1 aliphatic carbocycles. The molecular weight excluding hydrogens is 264 g/mol. The molecule has 0 bridgehead atoms. The van der Waals surface area contributed by atoms with Crippen LogP contribution in [0.4, 0.5) is 0 Å². The molecule has 0 heterocycles. The molecule has 0 aromatic rings. The molecule has 0 amide bonds. The zero-order valence-electron chi connectivity index (χ0n) is 16.2. The molecule has 0 N–H and O–H groups in total. The third-order valence-electron chi connectivity index (χ3n) is 6.62. The lowest BCUT2D eigenvalue weighted by molar-refractivity contribution is 0.256. The van der Waals surface area contributed by atoms with Crippen LogP contribution in [0.15, 0.2) is 0 Å². The van der Waals surface area contributed by atoms with Gasteiger partial charge in [0.25, 0.3) is 0 Å². The number of hydrogen-bond acceptors (Lipinski definition) is 0. The molecule has 0 spiro atoms. The van der Waals surface area contributed by atoms with Crippen molar-refractivity contribution in [3.8, 4) is 0 Å². The molecule has 1 saturated carbocycles. The Hall–Kier alpha value is 0. The normalized spacial score (nSPS) is 20.2. The van der Waals surface area contributed by atoms with Gasteiger partial charge in [-0.1, -0.05) is 118 Å². The van der Waals surface area contributed by atoms with Gasteiger partial charge in [0.2, 0.25) is 0 Å². The van der Waals surface area contributed by atoms with Gasteiger partial charge in [0.15, 0.2) is 0 Å². The predicted octanol–water partition coefficient (Wildman–Crippen LogP) is 8.01. The SMILES string of the molecule is CCCCCCC(CCCC(CC)C1CCCC1)C(C)CC. The Morgan fingerprint density at radius 3 is 2.05 bits per heavy atom. The van der Waals surface area contributed by atoms with Crippen LogP contribution in [-0.2, 0) is 0 Å². The van der Waals surface area contributed by atoms with Gasteiger partial charge in [0, 0.05) is 0 Å². The van der Waals surface area contributed by atoms with E-state index < -0.39 is 0 Å². The van der Waals surface area contributed by atoms with Crippen LogP contribution in [0, 0.1) is 23.7 Å². The maximum Gasteiger partial charge on any atom is -0.0386 e. The van der Waals surface area contributed by atoms with E-state index in [1.54, 1.807) is 0 Å². The summed E-state index contributed by atoms with van der Waals surface area (Å²) in [5.41, 5.74) is 0. The summed E-state index contributed by atoms with van der Waals surface area (Å²) in [6, 6.07) is 0. The zero-order chi connectivity index (χ0) is 16.2. The van der Waals surface area contributed by atoms with Crippen LogP contribution in [0.25, 0.3) is 0 Å². The summed E-state index contributed by atoms with van der Waals surface area (Å²) in [6.07, 6.45) is 20.6. The Balaban J connectivity index is 2.28. The molecule has 3 atom stereocenters. The van der Waals surface area contributed by atoms with E-state index in [0.29, 0.717) is 0 Å². The molecule has 0 heteroatoms. The molecule has 0 nitrogen and oxygen atoms in total. The average molecular weight is 309 g/mol. The van der Waals surface area contributed by atoms with Crippen LogP contribution >= 0.6 is 0 Å². The lowest BCUT2D eigenvalue weighted by atomic mass is 9.80. The zero-order valence-corrected chi connectivity index (χ0v) is 16.2. The van der Waals surface area contributed by atoms with Gasteiger partial charge in [-0.05, 0) is 23.7 Å². The number of hydrogen-bond donors (Lipinski definition) is 0. The van der Waals surface area contributed by atoms with Gasteiger partial charge in [0.1, 0.15) is 0 Å². The fourth-order valence-corrected chi connectivity index (χ4v) is 4.72. The molecule has 1 aliphatic rings. The molecule has 1 fully saturated rings. The summed E-state index contributed by atoms with van der Waals surface area (Å²) in [7, 11) is 0. The molecule has 0 aromatic carbocycles. The van der Waals surface area contributed by atoms with Crippen molar-refractivity contribution in [1.29, 1.82) is 0 Å². The minimum atomic E-state index is 0.938. The monoisotopic (exact) mass is 308 g/mol. The fraction of sp³-hybridized carbons (Fsp3) is 1.00. The van der Waals surface area contributed by atoms with Gasteiger partial charge in [-0.25, -0.2) is 0 Å². The molecule has 0 aromatic heterocycles. The molecule has 132 valence electrons.